The molecule has 0 unspecified atom stereocenters. The van der Waals surface area contributed by atoms with Gasteiger partial charge in [-0.2, -0.15) is 23.7 Å². The largest absolute Gasteiger partial charge is 0.417 e. The molecule has 2 rings (SSSR count). The molecule has 164 valence electrons. The first kappa shape index (κ1) is 27.1. The minimum atomic E-state index is -4.49. The predicted octanol–water partition coefficient (Wildman–Crippen LogP) is 3.64. The van der Waals surface area contributed by atoms with Gasteiger partial charge in [-0.3, -0.25) is 15.0 Å². The topological polar surface area (TPSA) is 118 Å². The number of amides is 1. The van der Waals surface area contributed by atoms with Crippen LogP contribution in [0.15, 0.2) is 42.5 Å². The van der Waals surface area contributed by atoms with E-state index in [2.05, 4.69) is 16.2 Å². The molecule has 0 bridgehead atoms. The van der Waals surface area contributed by atoms with Crippen LogP contribution in [0.2, 0.25) is 0 Å². The zero-order valence-corrected chi connectivity index (χ0v) is 17.0. The summed E-state index contributed by atoms with van der Waals surface area (Å²) in [6.45, 7) is 2.52. The van der Waals surface area contributed by atoms with Crippen LogP contribution in [-0.4, -0.2) is 26.3 Å². The van der Waals surface area contributed by atoms with Gasteiger partial charge in [-0.05, 0) is 36.8 Å². The Morgan fingerprint density at radius 3 is 2.06 bits per heavy atom. The van der Waals surface area contributed by atoms with Crippen molar-refractivity contribution in [2.24, 2.45) is 0 Å². The molecular formula is C21H22F3N5O2. The molecule has 0 aliphatic rings. The number of benzene rings is 2. The Bertz CT molecular complexity index is 901. The van der Waals surface area contributed by atoms with E-state index in [0.717, 1.165) is 18.8 Å². The Kier molecular flexibility index (Phi) is 13.1. The van der Waals surface area contributed by atoms with E-state index in [-0.39, 0.29) is 5.56 Å². The molecule has 0 fully saturated rings. The standard InChI is InChI=1S/C11H11F3N2.C8H5NO.C2H6N2O/c1-2-5-16-9-4-3-8(7-15)10(6-9)11(12,13)14;9-5-7-1-3-8(6-10)4-2-7;1-3-4-2-5/h3-4,6,16H,2,5H2,1H3;1-4,6H;2-3H,1H3,(H,4,5). The summed E-state index contributed by atoms with van der Waals surface area (Å²) in [6, 6.07) is 13.6. The number of carbonyl (C=O) groups excluding carboxylic acids is 2. The zero-order chi connectivity index (χ0) is 23.7. The van der Waals surface area contributed by atoms with Crippen LogP contribution in [0, 0.1) is 22.7 Å². The normalized spacial score (nSPS) is 9.39. The van der Waals surface area contributed by atoms with Gasteiger partial charge in [-0.1, -0.05) is 19.1 Å². The second-order valence-electron chi connectivity index (χ2n) is 5.66. The first-order valence-electron chi connectivity index (χ1n) is 8.93. The Balaban J connectivity index is 0.000000509. The van der Waals surface area contributed by atoms with Gasteiger partial charge in [0.05, 0.1) is 28.8 Å². The summed E-state index contributed by atoms with van der Waals surface area (Å²) in [7, 11) is 1.62. The lowest BCUT2D eigenvalue weighted by Crippen LogP contribution is -2.24. The number of nitrogens with one attached hydrogen (secondary N) is 3. The molecule has 31 heavy (non-hydrogen) atoms. The first-order chi connectivity index (χ1) is 14.8. The molecule has 0 saturated heterocycles. The summed E-state index contributed by atoms with van der Waals surface area (Å²) in [4.78, 5) is 19.4. The summed E-state index contributed by atoms with van der Waals surface area (Å²) in [5, 5.41) is 19.8. The highest BCUT2D eigenvalue weighted by Gasteiger charge is 2.33. The molecule has 0 aromatic heterocycles. The fraction of sp³-hybridized carbons (Fsp3) is 0.238. The molecular weight excluding hydrogens is 411 g/mol. The Hall–Kier alpha value is -3.89. The van der Waals surface area contributed by atoms with Crippen LogP contribution in [0.4, 0.5) is 18.9 Å². The first-order valence-corrected chi connectivity index (χ1v) is 8.93. The van der Waals surface area contributed by atoms with Crippen molar-refractivity contribution < 1.29 is 22.8 Å². The third-order valence-electron chi connectivity index (χ3n) is 3.40. The van der Waals surface area contributed by atoms with Gasteiger partial charge in [0.1, 0.15) is 6.29 Å². The van der Waals surface area contributed by atoms with E-state index < -0.39 is 11.7 Å². The van der Waals surface area contributed by atoms with Gasteiger partial charge in [0.15, 0.2) is 0 Å². The molecule has 0 spiro atoms. The van der Waals surface area contributed by atoms with Gasteiger partial charge in [0, 0.05) is 24.8 Å². The fourth-order valence-corrected chi connectivity index (χ4v) is 1.95. The lowest BCUT2D eigenvalue weighted by molar-refractivity contribution is -0.137. The number of carbonyl (C=O) groups is 2. The number of halogens is 3. The Morgan fingerprint density at radius 2 is 1.68 bits per heavy atom. The van der Waals surface area contributed by atoms with E-state index in [1.54, 1.807) is 31.3 Å². The minimum Gasteiger partial charge on any atom is -0.385 e. The molecule has 0 atom stereocenters. The quantitative estimate of drug-likeness (QED) is 0.473. The number of aldehydes is 1. The molecule has 3 N–H and O–H groups in total. The molecule has 7 nitrogen and oxygen atoms in total. The van der Waals surface area contributed by atoms with Crippen molar-refractivity contribution >= 4 is 18.4 Å². The van der Waals surface area contributed by atoms with Crippen molar-refractivity contribution in [3.8, 4) is 12.1 Å². The van der Waals surface area contributed by atoms with Crippen molar-refractivity contribution in [1.82, 2.24) is 10.9 Å². The summed E-state index contributed by atoms with van der Waals surface area (Å²) in [5.74, 6) is 0. The highest BCUT2D eigenvalue weighted by Crippen LogP contribution is 2.33. The molecule has 0 heterocycles. The minimum absolute atomic E-state index is 0.352. The van der Waals surface area contributed by atoms with Crippen LogP contribution >= 0.6 is 0 Å². The smallest absolute Gasteiger partial charge is 0.385 e. The SMILES string of the molecule is CCCNc1ccc(C#N)c(C(F)(F)F)c1.CNNC=O.N#Cc1ccc(C=O)cc1. The van der Waals surface area contributed by atoms with Crippen LogP contribution in [-0.2, 0) is 11.0 Å². The van der Waals surface area contributed by atoms with Crippen molar-refractivity contribution in [2.75, 3.05) is 18.9 Å². The predicted molar refractivity (Wildman–Crippen MR) is 110 cm³/mol. The number of hydrogen-bond acceptors (Lipinski definition) is 6. The lowest BCUT2D eigenvalue weighted by atomic mass is 10.1. The van der Waals surface area contributed by atoms with Gasteiger partial charge in [-0.15, -0.1) is 0 Å². The van der Waals surface area contributed by atoms with Gasteiger partial charge in [-0.25, -0.2) is 5.43 Å². The molecule has 0 aliphatic heterocycles. The van der Waals surface area contributed by atoms with Crippen molar-refractivity contribution in [3.05, 3.63) is 64.7 Å². The zero-order valence-electron chi connectivity index (χ0n) is 17.0. The average Bonchev–Trinajstić information content (AvgIpc) is 2.78. The number of nitriles is 2. The maximum Gasteiger partial charge on any atom is 0.417 e. The second-order valence-corrected chi connectivity index (χ2v) is 5.66. The molecule has 2 aromatic carbocycles. The van der Waals surface area contributed by atoms with E-state index in [0.29, 0.717) is 29.8 Å². The Morgan fingerprint density at radius 1 is 1.03 bits per heavy atom. The summed E-state index contributed by atoms with van der Waals surface area (Å²) < 4.78 is 37.7. The maximum absolute atomic E-state index is 12.6. The van der Waals surface area contributed by atoms with Gasteiger partial charge in [0.25, 0.3) is 0 Å². The van der Waals surface area contributed by atoms with E-state index in [1.165, 1.54) is 18.2 Å². The lowest BCUT2D eigenvalue weighted by Gasteiger charge is -2.11. The van der Waals surface area contributed by atoms with Crippen molar-refractivity contribution in [1.29, 1.82) is 10.5 Å². The van der Waals surface area contributed by atoms with E-state index in [4.69, 9.17) is 10.5 Å². The molecule has 2 aromatic rings. The second kappa shape index (κ2) is 15.0. The van der Waals surface area contributed by atoms with Crippen LogP contribution < -0.4 is 16.2 Å². The monoisotopic (exact) mass is 433 g/mol. The van der Waals surface area contributed by atoms with E-state index in [1.807, 2.05) is 13.0 Å². The maximum atomic E-state index is 12.6. The van der Waals surface area contributed by atoms with Crippen molar-refractivity contribution in [2.45, 2.75) is 19.5 Å². The van der Waals surface area contributed by atoms with Gasteiger partial charge < -0.3 is 5.32 Å². The highest BCUT2D eigenvalue weighted by atomic mass is 19.4. The van der Waals surface area contributed by atoms with Gasteiger partial charge >= 0.3 is 6.18 Å². The van der Waals surface area contributed by atoms with E-state index >= 15 is 0 Å². The number of anilines is 1. The molecule has 0 radical (unpaired) electrons. The molecule has 10 heteroatoms. The average molecular weight is 433 g/mol. The van der Waals surface area contributed by atoms with Crippen LogP contribution in [0.3, 0.4) is 0 Å². The third kappa shape index (κ3) is 11.0. The number of hydrazine groups is 1. The fourth-order valence-electron chi connectivity index (χ4n) is 1.95. The molecule has 1 amide bonds. The molecule has 0 saturated carbocycles. The third-order valence-corrected chi connectivity index (χ3v) is 3.40. The van der Waals surface area contributed by atoms with Gasteiger partial charge in [0.2, 0.25) is 6.41 Å². The van der Waals surface area contributed by atoms with Crippen molar-refractivity contribution in [3.63, 3.8) is 0 Å². The number of hydrogen-bond donors (Lipinski definition) is 3. The van der Waals surface area contributed by atoms with Crippen LogP contribution in [0.25, 0.3) is 0 Å². The summed E-state index contributed by atoms with van der Waals surface area (Å²) in [6.07, 6.45) is -2.35. The van der Waals surface area contributed by atoms with Crippen LogP contribution in [0.1, 0.15) is 40.4 Å². The Labute approximate surface area is 178 Å². The van der Waals surface area contributed by atoms with Crippen LogP contribution in [0.5, 0.6) is 0 Å². The van der Waals surface area contributed by atoms with E-state index in [9.17, 15) is 22.8 Å². The summed E-state index contributed by atoms with van der Waals surface area (Å²) >= 11 is 0. The molecule has 0 aliphatic carbocycles. The number of nitrogens with zero attached hydrogens (tertiary/aromatic N) is 2. The number of rotatable bonds is 6. The highest BCUT2D eigenvalue weighted by molar-refractivity contribution is 5.74. The summed E-state index contributed by atoms with van der Waals surface area (Å²) in [5.41, 5.74) is 4.89. The number of alkyl halides is 3.